The van der Waals surface area contributed by atoms with Gasteiger partial charge in [-0.3, -0.25) is 0 Å². The molecule has 0 radical (unpaired) electrons. The summed E-state index contributed by atoms with van der Waals surface area (Å²) in [4.78, 5) is 11.0. The van der Waals surface area contributed by atoms with Crippen LogP contribution in [0.5, 0.6) is 0 Å². The predicted molar refractivity (Wildman–Crippen MR) is 79.2 cm³/mol. The molecular weight excluding hydrogens is 234 g/mol. The van der Waals surface area contributed by atoms with Crippen LogP contribution in [0.25, 0.3) is 0 Å². The molecule has 2 atom stereocenters. The molecule has 0 bridgehead atoms. The standard InChI is InChI=1S/C17H25NO/c19-14-17-12-6-2-5-11-16(18-17)13-7-10-15-8-3-1-4-9-15/h1,3-4,8-9,14,16-18H,2,5-7,10-13H2. The zero-order chi connectivity index (χ0) is 13.3. The van der Waals surface area contributed by atoms with Gasteiger partial charge in [0.2, 0.25) is 0 Å². The molecule has 1 aliphatic heterocycles. The first-order chi connectivity index (χ1) is 9.38. The summed E-state index contributed by atoms with van der Waals surface area (Å²) >= 11 is 0. The van der Waals surface area contributed by atoms with Crippen molar-refractivity contribution in [2.75, 3.05) is 0 Å². The molecule has 1 aromatic rings. The molecule has 1 heterocycles. The van der Waals surface area contributed by atoms with Crippen LogP contribution < -0.4 is 5.32 Å². The lowest BCUT2D eigenvalue weighted by atomic mass is 9.96. The largest absolute Gasteiger partial charge is 0.305 e. The van der Waals surface area contributed by atoms with E-state index < -0.39 is 0 Å². The van der Waals surface area contributed by atoms with E-state index in [9.17, 15) is 4.79 Å². The normalized spacial score (nSPS) is 24.4. The molecule has 0 saturated carbocycles. The Balaban J connectivity index is 1.75. The first-order valence-electron chi connectivity index (χ1n) is 7.64. The summed E-state index contributed by atoms with van der Waals surface area (Å²) in [7, 11) is 0. The van der Waals surface area contributed by atoms with Crippen LogP contribution in [0.15, 0.2) is 30.3 Å². The second-order valence-electron chi connectivity index (χ2n) is 5.62. The van der Waals surface area contributed by atoms with Crippen LogP contribution in [0.1, 0.15) is 50.5 Å². The Morgan fingerprint density at radius 2 is 1.89 bits per heavy atom. The SMILES string of the molecule is O=CC1CCCCCC(CCCc2ccccc2)N1. The summed E-state index contributed by atoms with van der Waals surface area (Å²) in [6, 6.07) is 11.3. The van der Waals surface area contributed by atoms with E-state index in [1.807, 2.05) is 0 Å². The zero-order valence-corrected chi connectivity index (χ0v) is 11.7. The molecule has 19 heavy (non-hydrogen) atoms. The first kappa shape index (κ1) is 14.3. The second kappa shape index (κ2) is 8.11. The second-order valence-corrected chi connectivity index (χ2v) is 5.62. The molecular formula is C17H25NO. The van der Waals surface area contributed by atoms with Crippen LogP contribution in [0, 0.1) is 0 Å². The van der Waals surface area contributed by atoms with Gasteiger partial charge in [-0.15, -0.1) is 0 Å². The number of hydrogen-bond acceptors (Lipinski definition) is 2. The van der Waals surface area contributed by atoms with Gasteiger partial charge >= 0.3 is 0 Å². The first-order valence-corrected chi connectivity index (χ1v) is 7.64. The molecule has 0 amide bonds. The van der Waals surface area contributed by atoms with Gasteiger partial charge in [-0.25, -0.2) is 0 Å². The molecule has 2 nitrogen and oxygen atoms in total. The minimum atomic E-state index is 0.0852. The van der Waals surface area contributed by atoms with E-state index in [2.05, 4.69) is 35.6 Å². The number of benzene rings is 1. The van der Waals surface area contributed by atoms with E-state index in [0.717, 1.165) is 19.1 Å². The fraction of sp³-hybridized carbons (Fsp3) is 0.588. The zero-order valence-electron chi connectivity index (χ0n) is 11.7. The van der Waals surface area contributed by atoms with Crippen molar-refractivity contribution in [3.05, 3.63) is 35.9 Å². The third-order valence-electron chi connectivity index (χ3n) is 4.04. The van der Waals surface area contributed by atoms with Gasteiger partial charge in [0.15, 0.2) is 0 Å². The average Bonchev–Trinajstić information content (AvgIpc) is 2.42. The van der Waals surface area contributed by atoms with Gasteiger partial charge < -0.3 is 10.1 Å². The molecule has 1 aliphatic rings. The number of rotatable bonds is 5. The minimum Gasteiger partial charge on any atom is -0.305 e. The number of carbonyl (C=O) groups is 1. The van der Waals surface area contributed by atoms with E-state index >= 15 is 0 Å². The van der Waals surface area contributed by atoms with E-state index in [-0.39, 0.29) is 6.04 Å². The molecule has 0 aromatic heterocycles. The maximum atomic E-state index is 11.0. The Morgan fingerprint density at radius 3 is 2.68 bits per heavy atom. The molecule has 2 heteroatoms. The molecule has 2 rings (SSSR count). The van der Waals surface area contributed by atoms with Crippen LogP contribution in [0.3, 0.4) is 0 Å². The minimum absolute atomic E-state index is 0.0852. The van der Waals surface area contributed by atoms with Crippen molar-refractivity contribution < 1.29 is 4.79 Å². The molecule has 1 N–H and O–H groups in total. The number of nitrogens with one attached hydrogen (secondary N) is 1. The fourth-order valence-electron chi connectivity index (χ4n) is 2.93. The van der Waals surface area contributed by atoms with Gasteiger partial charge in [0, 0.05) is 6.04 Å². The molecule has 1 saturated heterocycles. The van der Waals surface area contributed by atoms with Gasteiger partial charge in [0.05, 0.1) is 6.04 Å². The Labute approximate surface area is 116 Å². The Morgan fingerprint density at radius 1 is 1.11 bits per heavy atom. The van der Waals surface area contributed by atoms with Crippen molar-refractivity contribution in [2.24, 2.45) is 0 Å². The highest BCUT2D eigenvalue weighted by atomic mass is 16.1. The lowest BCUT2D eigenvalue weighted by molar-refractivity contribution is -0.110. The molecule has 104 valence electrons. The van der Waals surface area contributed by atoms with Crippen LogP contribution >= 0.6 is 0 Å². The lowest BCUT2D eigenvalue weighted by Crippen LogP contribution is -2.40. The third-order valence-corrected chi connectivity index (χ3v) is 4.04. The Bertz CT molecular complexity index is 363. The molecule has 1 aromatic carbocycles. The Hall–Kier alpha value is -1.15. The average molecular weight is 259 g/mol. The smallest absolute Gasteiger partial charge is 0.136 e. The maximum Gasteiger partial charge on any atom is 0.136 e. The van der Waals surface area contributed by atoms with E-state index in [4.69, 9.17) is 0 Å². The van der Waals surface area contributed by atoms with Crippen LogP contribution in [-0.2, 0) is 11.2 Å². The number of hydrogen-bond donors (Lipinski definition) is 1. The van der Waals surface area contributed by atoms with Crippen LogP contribution in [0.4, 0.5) is 0 Å². The quantitative estimate of drug-likeness (QED) is 0.820. The third kappa shape index (κ3) is 5.15. The molecule has 2 unspecified atom stereocenters. The van der Waals surface area contributed by atoms with Gasteiger partial charge in [0.25, 0.3) is 0 Å². The van der Waals surface area contributed by atoms with Crippen LogP contribution in [0.2, 0.25) is 0 Å². The molecule has 0 aliphatic carbocycles. The maximum absolute atomic E-state index is 11.0. The van der Waals surface area contributed by atoms with Crippen molar-refractivity contribution in [2.45, 2.75) is 63.5 Å². The van der Waals surface area contributed by atoms with Crippen molar-refractivity contribution >= 4 is 6.29 Å². The van der Waals surface area contributed by atoms with Gasteiger partial charge in [0.1, 0.15) is 6.29 Å². The van der Waals surface area contributed by atoms with Crippen molar-refractivity contribution in [1.82, 2.24) is 5.32 Å². The van der Waals surface area contributed by atoms with Crippen molar-refractivity contribution in [3.8, 4) is 0 Å². The van der Waals surface area contributed by atoms with Gasteiger partial charge in [-0.05, 0) is 37.7 Å². The Kier molecular flexibility index (Phi) is 6.09. The monoisotopic (exact) mass is 259 g/mol. The van der Waals surface area contributed by atoms with Crippen molar-refractivity contribution in [3.63, 3.8) is 0 Å². The summed E-state index contributed by atoms with van der Waals surface area (Å²) in [5.41, 5.74) is 1.42. The lowest BCUT2D eigenvalue weighted by Gasteiger charge is -2.25. The highest BCUT2D eigenvalue weighted by molar-refractivity contribution is 5.57. The summed E-state index contributed by atoms with van der Waals surface area (Å²) in [6.07, 6.45) is 10.6. The van der Waals surface area contributed by atoms with E-state index in [0.29, 0.717) is 6.04 Å². The summed E-state index contributed by atoms with van der Waals surface area (Å²) < 4.78 is 0. The molecule has 1 fully saturated rings. The highest BCUT2D eigenvalue weighted by Crippen LogP contribution is 2.16. The predicted octanol–water partition coefficient (Wildman–Crippen LogP) is 3.50. The van der Waals surface area contributed by atoms with Crippen LogP contribution in [-0.4, -0.2) is 18.4 Å². The van der Waals surface area contributed by atoms with Gasteiger partial charge in [-0.1, -0.05) is 49.6 Å². The van der Waals surface area contributed by atoms with Gasteiger partial charge in [-0.2, -0.15) is 0 Å². The number of aryl methyl sites for hydroxylation is 1. The fourth-order valence-corrected chi connectivity index (χ4v) is 2.93. The summed E-state index contributed by atoms with van der Waals surface area (Å²) in [6.45, 7) is 0. The molecule has 0 spiro atoms. The van der Waals surface area contributed by atoms with Crippen molar-refractivity contribution in [1.29, 1.82) is 0 Å². The van der Waals surface area contributed by atoms with E-state index in [1.54, 1.807) is 0 Å². The highest BCUT2D eigenvalue weighted by Gasteiger charge is 2.16. The number of aldehydes is 1. The topological polar surface area (TPSA) is 29.1 Å². The number of carbonyl (C=O) groups excluding carboxylic acids is 1. The van der Waals surface area contributed by atoms with E-state index in [1.165, 1.54) is 44.1 Å². The summed E-state index contributed by atoms with van der Waals surface area (Å²) in [5.74, 6) is 0. The summed E-state index contributed by atoms with van der Waals surface area (Å²) in [5, 5.41) is 3.52.